The molecule has 1 aliphatic carbocycles. The van der Waals surface area contributed by atoms with Crippen molar-refractivity contribution in [3.05, 3.63) is 11.4 Å². The number of carbonyl (C=O) groups is 2. The van der Waals surface area contributed by atoms with Crippen molar-refractivity contribution < 1.29 is 19.4 Å². The molecular formula is C13H18N4O4. The lowest BCUT2D eigenvalue weighted by molar-refractivity contribution is -0.139. The molecule has 114 valence electrons. The van der Waals surface area contributed by atoms with E-state index in [1.165, 1.54) is 4.68 Å². The molecule has 1 atom stereocenters. The second-order valence-corrected chi connectivity index (χ2v) is 5.58. The first kappa shape index (κ1) is 14.0. The van der Waals surface area contributed by atoms with E-state index in [1.54, 1.807) is 4.90 Å². The Balaban J connectivity index is 1.75. The van der Waals surface area contributed by atoms with Crippen molar-refractivity contribution in [2.45, 2.75) is 38.3 Å². The van der Waals surface area contributed by atoms with Crippen molar-refractivity contribution in [2.75, 3.05) is 19.7 Å². The van der Waals surface area contributed by atoms with Crippen LogP contribution in [0.15, 0.2) is 0 Å². The summed E-state index contributed by atoms with van der Waals surface area (Å²) >= 11 is 0. The summed E-state index contributed by atoms with van der Waals surface area (Å²) < 4.78 is 6.86. The molecule has 3 rings (SSSR count). The number of hydrogen-bond acceptors (Lipinski definition) is 5. The molecule has 2 fully saturated rings. The standard InChI is InChI=1S/C13H18N4O4/c1-8-6-16(4-5-21-8)10(18)7-17-12(9-2-3-9)11(13(19)20)14-15-17/h8-9H,2-7H2,1H3,(H,19,20). The van der Waals surface area contributed by atoms with Gasteiger partial charge in [0.05, 0.1) is 18.4 Å². The van der Waals surface area contributed by atoms with Gasteiger partial charge in [-0.3, -0.25) is 4.79 Å². The third kappa shape index (κ3) is 2.90. The smallest absolute Gasteiger partial charge is 0.358 e. The molecule has 0 radical (unpaired) electrons. The highest BCUT2D eigenvalue weighted by atomic mass is 16.5. The topological polar surface area (TPSA) is 97.6 Å². The fraction of sp³-hybridized carbons (Fsp3) is 0.692. The lowest BCUT2D eigenvalue weighted by Gasteiger charge is -2.31. The van der Waals surface area contributed by atoms with Crippen molar-refractivity contribution >= 4 is 11.9 Å². The minimum atomic E-state index is -1.09. The molecule has 1 aromatic heterocycles. The number of rotatable bonds is 4. The number of carbonyl (C=O) groups excluding carboxylic acids is 1. The third-order valence-electron chi connectivity index (χ3n) is 3.82. The molecule has 1 amide bonds. The van der Waals surface area contributed by atoms with Gasteiger partial charge in [-0.25, -0.2) is 9.48 Å². The van der Waals surface area contributed by atoms with Crippen LogP contribution in [-0.4, -0.2) is 62.7 Å². The Morgan fingerprint density at radius 2 is 2.19 bits per heavy atom. The minimum absolute atomic E-state index is 0.0240. The van der Waals surface area contributed by atoms with E-state index >= 15 is 0 Å². The number of nitrogens with zero attached hydrogens (tertiary/aromatic N) is 4. The summed E-state index contributed by atoms with van der Waals surface area (Å²) in [5.74, 6) is -0.994. The molecule has 21 heavy (non-hydrogen) atoms. The maximum Gasteiger partial charge on any atom is 0.358 e. The van der Waals surface area contributed by atoms with Gasteiger partial charge < -0.3 is 14.7 Å². The fourth-order valence-corrected chi connectivity index (χ4v) is 2.62. The Bertz CT molecular complexity index is 567. The largest absolute Gasteiger partial charge is 0.476 e. The van der Waals surface area contributed by atoms with Gasteiger partial charge in [-0.05, 0) is 19.8 Å². The first-order valence-electron chi connectivity index (χ1n) is 7.12. The fourth-order valence-electron chi connectivity index (χ4n) is 2.62. The van der Waals surface area contributed by atoms with Crippen LogP contribution < -0.4 is 0 Å². The normalized spacial score (nSPS) is 22.3. The number of ether oxygens (including phenoxy) is 1. The first-order chi connectivity index (χ1) is 10.1. The third-order valence-corrected chi connectivity index (χ3v) is 3.82. The van der Waals surface area contributed by atoms with E-state index in [0.29, 0.717) is 25.4 Å². The summed E-state index contributed by atoms with van der Waals surface area (Å²) in [6.07, 6.45) is 1.88. The van der Waals surface area contributed by atoms with E-state index in [-0.39, 0.29) is 30.2 Å². The Labute approximate surface area is 121 Å². The lowest BCUT2D eigenvalue weighted by Crippen LogP contribution is -2.46. The monoisotopic (exact) mass is 294 g/mol. The molecule has 1 N–H and O–H groups in total. The zero-order valence-corrected chi connectivity index (χ0v) is 11.9. The van der Waals surface area contributed by atoms with E-state index in [4.69, 9.17) is 9.84 Å². The Hall–Kier alpha value is -1.96. The van der Waals surface area contributed by atoms with Gasteiger partial charge in [0.2, 0.25) is 5.91 Å². The Kier molecular flexibility index (Phi) is 3.62. The molecule has 1 saturated heterocycles. The van der Waals surface area contributed by atoms with Crippen molar-refractivity contribution in [1.82, 2.24) is 19.9 Å². The summed E-state index contributed by atoms with van der Waals surface area (Å²) in [6.45, 7) is 3.60. The summed E-state index contributed by atoms with van der Waals surface area (Å²) in [5, 5.41) is 16.7. The molecule has 1 aliphatic heterocycles. The van der Waals surface area contributed by atoms with Crippen LogP contribution in [0.2, 0.25) is 0 Å². The van der Waals surface area contributed by atoms with Crippen LogP contribution in [0, 0.1) is 0 Å². The SMILES string of the molecule is CC1CN(C(=O)Cn2nnc(C(=O)O)c2C2CC2)CCO1. The zero-order chi connectivity index (χ0) is 15.0. The molecule has 1 unspecified atom stereocenters. The Morgan fingerprint density at radius 1 is 1.43 bits per heavy atom. The highest BCUT2D eigenvalue weighted by Gasteiger charge is 2.34. The molecule has 0 aromatic carbocycles. The van der Waals surface area contributed by atoms with Gasteiger partial charge in [-0.15, -0.1) is 5.10 Å². The molecule has 1 saturated carbocycles. The quantitative estimate of drug-likeness (QED) is 0.846. The van der Waals surface area contributed by atoms with Gasteiger partial charge in [-0.2, -0.15) is 0 Å². The van der Waals surface area contributed by atoms with E-state index in [2.05, 4.69) is 10.3 Å². The van der Waals surface area contributed by atoms with Crippen LogP contribution >= 0.6 is 0 Å². The first-order valence-corrected chi connectivity index (χ1v) is 7.12. The van der Waals surface area contributed by atoms with Gasteiger partial charge in [0, 0.05) is 19.0 Å². The second kappa shape index (κ2) is 5.44. The predicted octanol–water partition coefficient (Wildman–Crippen LogP) is 0.101. The van der Waals surface area contributed by atoms with Gasteiger partial charge in [0.15, 0.2) is 5.69 Å². The van der Waals surface area contributed by atoms with Crippen molar-refractivity contribution in [3.8, 4) is 0 Å². The summed E-state index contributed by atoms with van der Waals surface area (Å²) in [6, 6.07) is 0. The molecule has 0 spiro atoms. The average Bonchev–Trinajstić information content (AvgIpc) is 3.19. The van der Waals surface area contributed by atoms with Crippen LogP contribution in [0.5, 0.6) is 0 Å². The highest BCUT2D eigenvalue weighted by molar-refractivity contribution is 5.87. The van der Waals surface area contributed by atoms with E-state index in [9.17, 15) is 9.59 Å². The van der Waals surface area contributed by atoms with Crippen LogP contribution in [-0.2, 0) is 16.1 Å². The molecule has 8 nitrogen and oxygen atoms in total. The Morgan fingerprint density at radius 3 is 2.81 bits per heavy atom. The van der Waals surface area contributed by atoms with E-state index < -0.39 is 5.97 Å². The van der Waals surface area contributed by atoms with Crippen molar-refractivity contribution in [2.24, 2.45) is 0 Å². The molecule has 2 heterocycles. The maximum atomic E-state index is 12.3. The lowest BCUT2D eigenvalue weighted by atomic mass is 10.2. The van der Waals surface area contributed by atoms with Gasteiger partial charge in [-0.1, -0.05) is 5.21 Å². The number of carboxylic acid groups (broad SMARTS) is 1. The zero-order valence-electron chi connectivity index (χ0n) is 11.9. The van der Waals surface area contributed by atoms with Crippen molar-refractivity contribution in [1.29, 1.82) is 0 Å². The second-order valence-electron chi connectivity index (χ2n) is 5.58. The molecule has 1 aromatic rings. The highest BCUT2D eigenvalue weighted by Crippen LogP contribution is 2.41. The number of amides is 1. The van der Waals surface area contributed by atoms with E-state index in [1.807, 2.05) is 6.92 Å². The van der Waals surface area contributed by atoms with Crippen LogP contribution in [0.25, 0.3) is 0 Å². The maximum absolute atomic E-state index is 12.3. The van der Waals surface area contributed by atoms with Crippen LogP contribution in [0.4, 0.5) is 0 Å². The number of carboxylic acids is 1. The number of hydrogen-bond donors (Lipinski definition) is 1. The molecular weight excluding hydrogens is 276 g/mol. The summed E-state index contributed by atoms with van der Waals surface area (Å²) in [5.41, 5.74) is 0.554. The minimum Gasteiger partial charge on any atom is -0.476 e. The number of aromatic carboxylic acids is 1. The van der Waals surface area contributed by atoms with Crippen LogP contribution in [0.3, 0.4) is 0 Å². The molecule has 2 aliphatic rings. The van der Waals surface area contributed by atoms with Gasteiger partial charge in [0.1, 0.15) is 6.54 Å². The number of morpholine rings is 1. The molecule has 0 bridgehead atoms. The van der Waals surface area contributed by atoms with Crippen LogP contribution in [0.1, 0.15) is 41.9 Å². The molecule has 8 heteroatoms. The van der Waals surface area contributed by atoms with E-state index in [0.717, 1.165) is 12.8 Å². The van der Waals surface area contributed by atoms with Gasteiger partial charge >= 0.3 is 5.97 Å². The number of aromatic nitrogens is 3. The average molecular weight is 294 g/mol. The van der Waals surface area contributed by atoms with Gasteiger partial charge in [0.25, 0.3) is 0 Å². The van der Waals surface area contributed by atoms with Crippen molar-refractivity contribution in [3.63, 3.8) is 0 Å². The summed E-state index contributed by atoms with van der Waals surface area (Å²) in [7, 11) is 0. The summed E-state index contributed by atoms with van der Waals surface area (Å²) in [4.78, 5) is 25.2. The predicted molar refractivity (Wildman–Crippen MR) is 71.0 cm³/mol.